The van der Waals surface area contributed by atoms with E-state index >= 15 is 0 Å². The number of urea groups is 1. The fraction of sp³-hybridized carbons (Fsp3) is 0.242. The summed E-state index contributed by atoms with van der Waals surface area (Å²) in [4.78, 5) is 56.9. The van der Waals surface area contributed by atoms with E-state index in [1.54, 1.807) is 12.1 Å². The number of ether oxygens (including phenoxy) is 1. The van der Waals surface area contributed by atoms with Crippen molar-refractivity contribution in [1.29, 1.82) is 0 Å². The third kappa shape index (κ3) is 8.62. The number of anilines is 1. The number of benzene rings is 2. The van der Waals surface area contributed by atoms with E-state index in [0.717, 1.165) is 11.3 Å². The highest BCUT2D eigenvalue weighted by Crippen LogP contribution is 2.25. The highest BCUT2D eigenvalue weighted by Gasteiger charge is 2.27. The molecular weight excluding hydrogens is 546 g/mol. The van der Waals surface area contributed by atoms with Gasteiger partial charge in [0, 0.05) is 12.2 Å². The zero-order chi connectivity index (χ0) is 30.6. The number of nitrogens with zero attached hydrogens (tertiary/aromatic N) is 2. The molecular formula is C33H35N5O5. The molecule has 1 unspecified atom stereocenters. The van der Waals surface area contributed by atoms with E-state index in [1.807, 2.05) is 86.6 Å². The predicted octanol–water partition coefficient (Wildman–Crippen LogP) is 5.38. The van der Waals surface area contributed by atoms with Crippen molar-refractivity contribution < 1.29 is 19.1 Å². The van der Waals surface area contributed by atoms with Gasteiger partial charge in [-0.25, -0.2) is 9.59 Å². The summed E-state index contributed by atoms with van der Waals surface area (Å²) in [7, 11) is 0. The van der Waals surface area contributed by atoms with Gasteiger partial charge in [0.05, 0.1) is 11.4 Å². The number of aryl methyl sites for hydroxylation is 1. The van der Waals surface area contributed by atoms with Crippen molar-refractivity contribution in [2.45, 2.75) is 45.8 Å². The molecule has 222 valence electrons. The number of nitrogens with one attached hydrogen (secondary N) is 3. The Morgan fingerprint density at radius 2 is 1.63 bits per heavy atom. The first kappa shape index (κ1) is 30.7. The molecule has 1 atom stereocenters. The van der Waals surface area contributed by atoms with E-state index in [9.17, 15) is 19.2 Å². The van der Waals surface area contributed by atoms with Crippen LogP contribution in [0, 0.1) is 6.92 Å². The third-order valence-electron chi connectivity index (χ3n) is 6.68. The van der Waals surface area contributed by atoms with Gasteiger partial charge in [-0.2, -0.15) is 0 Å². The molecule has 3 N–H and O–H groups in total. The molecule has 2 heterocycles. The van der Waals surface area contributed by atoms with Crippen LogP contribution in [0.4, 0.5) is 15.3 Å². The van der Waals surface area contributed by atoms with Crippen molar-refractivity contribution in [3.8, 4) is 11.3 Å². The lowest BCUT2D eigenvalue weighted by Gasteiger charge is -2.23. The molecule has 4 aromatic rings. The Kier molecular flexibility index (Phi) is 10.8. The third-order valence-corrected chi connectivity index (χ3v) is 6.68. The van der Waals surface area contributed by atoms with Crippen LogP contribution >= 0.6 is 0 Å². The summed E-state index contributed by atoms with van der Waals surface area (Å²) in [6.45, 7) is 3.96. The monoisotopic (exact) mass is 581 g/mol. The summed E-state index contributed by atoms with van der Waals surface area (Å²) in [6.07, 6.45) is 0.587. The molecule has 0 fully saturated rings. The molecule has 0 aliphatic rings. The first-order valence-electron chi connectivity index (χ1n) is 14.2. The van der Waals surface area contributed by atoms with Gasteiger partial charge < -0.3 is 10.1 Å². The standard InChI is InChI=1S/C33H35N5O5/c1-3-11-29(30(39)37-32(41)34-21-20-24-13-6-4-7-14-24)38-28(25-15-8-5-9-16-25)19-18-27(31(38)40)36-33(42)43-22-26-17-10-12-23(2)35-26/h4-10,12-19,29H,3,11,20-22H2,1-2H3,(H,36,42)(H2,34,37,39,41). The predicted molar refractivity (Wildman–Crippen MR) is 165 cm³/mol. The van der Waals surface area contributed by atoms with E-state index in [0.29, 0.717) is 36.3 Å². The van der Waals surface area contributed by atoms with Crippen molar-refractivity contribution in [2.75, 3.05) is 11.9 Å². The van der Waals surface area contributed by atoms with Crippen LogP contribution in [-0.2, 0) is 22.6 Å². The fourth-order valence-corrected chi connectivity index (χ4v) is 4.62. The van der Waals surface area contributed by atoms with Crippen molar-refractivity contribution in [3.63, 3.8) is 0 Å². The van der Waals surface area contributed by atoms with E-state index in [1.165, 1.54) is 10.6 Å². The van der Waals surface area contributed by atoms with Crippen LogP contribution in [0.25, 0.3) is 11.3 Å². The van der Waals surface area contributed by atoms with E-state index < -0.39 is 29.6 Å². The van der Waals surface area contributed by atoms with Crippen molar-refractivity contribution >= 4 is 23.7 Å². The fourth-order valence-electron chi connectivity index (χ4n) is 4.62. The van der Waals surface area contributed by atoms with Gasteiger partial charge in [-0.05, 0) is 55.2 Å². The van der Waals surface area contributed by atoms with Crippen LogP contribution in [0.1, 0.15) is 42.8 Å². The van der Waals surface area contributed by atoms with Crippen LogP contribution in [0.15, 0.2) is 95.8 Å². The molecule has 10 nitrogen and oxygen atoms in total. The Balaban J connectivity index is 1.55. The Hall–Kier alpha value is -5.25. The van der Waals surface area contributed by atoms with Gasteiger partial charge in [0.1, 0.15) is 18.3 Å². The lowest BCUT2D eigenvalue weighted by molar-refractivity contribution is -0.123. The van der Waals surface area contributed by atoms with E-state index in [-0.39, 0.29) is 18.7 Å². The second kappa shape index (κ2) is 15.1. The summed E-state index contributed by atoms with van der Waals surface area (Å²) in [5.41, 5.74) is 2.88. The van der Waals surface area contributed by atoms with Crippen LogP contribution in [0.3, 0.4) is 0 Å². The quantitative estimate of drug-likeness (QED) is 0.218. The minimum Gasteiger partial charge on any atom is -0.443 e. The molecule has 0 bridgehead atoms. The number of carbonyl (C=O) groups excluding carboxylic acids is 3. The minimum absolute atomic E-state index is 0.0666. The van der Waals surface area contributed by atoms with Gasteiger partial charge in [0.2, 0.25) is 0 Å². The number of amides is 4. The second-order valence-corrected chi connectivity index (χ2v) is 9.93. The summed E-state index contributed by atoms with van der Waals surface area (Å²) >= 11 is 0. The van der Waals surface area contributed by atoms with Crippen molar-refractivity contribution in [1.82, 2.24) is 20.2 Å². The maximum atomic E-state index is 13.9. The van der Waals surface area contributed by atoms with Gasteiger partial charge in [0.25, 0.3) is 11.5 Å². The zero-order valence-electron chi connectivity index (χ0n) is 24.2. The van der Waals surface area contributed by atoms with Crippen molar-refractivity contribution in [3.05, 3.63) is 118 Å². The highest BCUT2D eigenvalue weighted by molar-refractivity contribution is 5.96. The number of imide groups is 1. The minimum atomic E-state index is -1.03. The second-order valence-electron chi connectivity index (χ2n) is 9.93. The van der Waals surface area contributed by atoms with Crippen LogP contribution in [0.5, 0.6) is 0 Å². The SMILES string of the molecule is CCCC(C(=O)NC(=O)NCCc1ccccc1)n1c(-c2ccccc2)ccc(NC(=O)OCc2cccc(C)n2)c1=O. The van der Waals surface area contributed by atoms with Gasteiger partial charge in [-0.1, -0.05) is 80.1 Å². The van der Waals surface area contributed by atoms with Crippen LogP contribution in [-0.4, -0.2) is 34.1 Å². The number of aromatic nitrogens is 2. The molecule has 0 radical (unpaired) electrons. The first-order valence-corrected chi connectivity index (χ1v) is 14.2. The Bertz CT molecular complexity index is 1610. The van der Waals surface area contributed by atoms with Gasteiger partial charge in [-0.15, -0.1) is 0 Å². The first-order chi connectivity index (χ1) is 20.9. The smallest absolute Gasteiger partial charge is 0.412 e. The lowest BCUT2D eigenvalue weighted by atomic mass is 10.1. The van der Waals surface area contributed by atoms with Crippen LogP contribution in [0.2, 0.25) is 0 Å². The number of rotatable bonds is 11. The average Bonchev–Trinajstić information content (AvgIpc) is 3.01. The summed E-state index contributed by atoms with van der Waals surface area (Å²) in [5, 5.41) is 7.60. The molecule has 2 aromatic carbocycles. The Labute approximate surface area is 250 Å². The molecule has 0 spiro atoms. The molecule has 4 amide bonds. The molecule has 4 rings (SSSR count). The van der Waals surface area contributed by atoms with Crippen molar-refractivity contribution in [2.24, 2.45) is 0 Å². The number of hydrogen-bond acceptors (Lipinski definition) is 6. The Morgan fingerprint density at radius 3 is 2.33 bits per heavy atom. The Morgan fingerprint density at radius 1 is 0.907 bits per heavy atom. The molecule has 2 aromatic heterocycles. The van der Waals surface area contributed by atoms with E-state index in [4.69, 9.17) is 4.74 Å². The van der Waals surface area contributed by atoms with Gasteiger partial charge in [-0.3, -0.25) is 29.8 Å². The zero-order valence-corrected chi connectivity index (χ0v) is 24.2. The maximum Gasteiger partial charge on any atom is 0.412 e. The number of carbonyl (C=O) groups is 3. The average molecular weight is 582 g/mol. The lowest BCUT2D eigenvalue weighted by Crippen LogP contribution is -2.45. The molecule has 0 aliphatic heterocycles. The van der Waals surface area contributed by atoms with E-state index in [2.05, 4.69) is 20.9 Å². The highest BCUT2D eigenvalue weighted by atomic mass is 16.5. The topological polar surface area (TPSA) is 131 Å². The summed E-state index contributed by atoms with van der Waals surface area (Å²) in [5.74, 6) is -0.636. The molecule has 0 aliphatic carbocycles. The molecule has 43 heavy (non-hydrogen) atoms. The normalized spacial score (nSPS) is 11.3. The number of pyridine rings is 2. The molecule has 0 saturated heterocycles. The summed E-state index contributed by atoms with van der Waals surface area (Å²) in [6, 6.07) is 25.6. The largest absolute Gasteiger partial charge is 0.443 e. The number of hydrogen-bond donors (Lipinski definition) is 3. The van der Waals surface area contributed by atoms with Gasteiger partial charge in [0.15, 0.2) is 0 Å². The van der Waals surface area contributed by atoms with Gasteiger partial charge >= 0.3 is 12.1 Å². The maximum absolute atomic E-state index is 13.9. The summed E-state index contributed by atoms with van der Waals surface area (Å²) < 4.78 is 6.60. The van der Waals surface area contributed by atoms with Crippen LogP contribution < -0.4 is 21.5 Å². The molecule has 10 heteroatoms. The molecule has 0 saturated carbocycles.